The normalized spacial score (nSPS) is 16.0. The fraction of sp³-hybridized carbons (Fsp3) is 0.364. The first-order valence-electron chi connectivity index (χ1n) is 14.9. The van der Waals surface area contributed by atoms with Crippen LogP contribution < -0.4 is 10.2 Å². The van der Waals surface area contributed by atoms with Crippen molar-refractivity contribution in [2.45, 2.75) is 45.8 Å². The van der Waals surface area contributed by atoms with Crippen LogP contribution in [-0.4, -0.2) is 57.2 Å². The highest BCUT2D eigenvalue weighted by molar-refractivity contribution is 5.82. The first-order valence-corrected chi connectivity index (χ1v) is 14.9. The third kappa shape index (κ3) is 6.98. The lowest BCUT2D eigenvalue weighted by Crippen LogP contribution is -2.45. The summed E-state index contributed by atoms with van der Waals surface area (Å²) in [5, 5.41) is 12.2. The highest BCUT2D eigenvalue weighted by Gasteiger charge is 2.32. The van der Waals surface area contributed by atoms with Gasteiger partial charge in [0.15, 0.2) is 5.82 Å². The fourth-order valence-corrected chi connectivity index (χ4v) is 5.56. The summed E-state index contributed by atoms with van der Waals surface area (Å²) in [5.41, 5.74) is 1.82. The number of aromatic nitrogens is 4. The average molecular weight is 604 g/mol. The van der Waals surface area contributed by atoms with Crippen molar-refractivity contribution < 1.29 is 18.0 Å². The number of benzene rings is 2. The predicted octanol–water partition coefficient (Wildman–Crippen LogP) is 6.88. The summed E-state index contributed by atoms with van der Waals surface area (Å²) in [6, 6.07) is 18.3. The molecule has 44 heavy (non-hydrogen) atoms. The van der Waals surface area contributed by atoms with E-state index in [1.54, 1.807) is 24.4 Å². The maximum Gasteiger partial charge on any atom is 0.416 e. The van der Waals surface area contributed by atoms with Gasteiger partial charge in [-0.1, -0.05) is 42.5 Å². The molecule has 0 saturated carbocycles. The van der Waals surface area contributed by atoms with Gasteiger partial charge in [-0.05, 0) is 63.4 Å². The van der Waals surface area contributed by atoms with Crippen LogP contribution in [0.25, 0.3) is 22.5 Å². The Hall–Kier alpha value is -4.54. The number of hydrogen-bond acceptors (Lipinski definition) is 7. The number of carbonyl (C=O) groups excluding carboxylic acids is 1. The molecule has 2 aromatic heterocycles. The number of rotatable bonds is 9. The highest BCUT2D eigenvalue weighted by atomic mass is 19.4. The third-order valence-corrected chi connectivity index (χ3v) is 7.99. The lowest BCUT2D eigenvalue weighted by Gasteiger charge is -2.35. The Kier molecular flexibility index (Phi) is 9.41. The number of halogens is 3. The molecule has 4 aromatic rings. The van der Waals surface area contributed by atoms with Gasteiger partial charge in [0.1, 0.15) is 5.69 Å². The Morgan fingerprint density at radius 1 is 1.05 bits per heavy atom. The third-order valence-electron chi connectivity index (χ3n) is 7.99. The van der Waals surface area contributed by atoms with E-state index in [-0.39, 0.29) is 29.1 Å². The maximum atomic E-state index is 13.6. The van der Waals surface area contributed by atoms with E-state index in [0.717, 1.165) is 30.5 Å². The number of anilines is 2. The molecule has 1 aliphatic heterocycles. The molecule has 11 heteroatoms. The molecule has 1 unspecified atom stereocenters. The Morgan fingerprint density at radius 3 is 2.55 bits per heavy atom. The molecule has 0 spiro atoms. The van der Waals surface area contributed by atoms with Crippen molar-refractivity contribution in [2.24, 2.45) is 5.92 Å². The van der Waals surface area contributed by atoms with Gasteiger partial charge in [0.25, 0.3) is 0 Å². The Labute approximate surface area is 255 Å². The summed E-state index contributed by atoms with van der Waals surface area (Å²) in [7, 11) is 0. The zero-order valence-corrected chi connectivity index (χ0v) is 25.1. The number of nitrogens with zero attached hydrogens (tertiary/aromatic N) is 6. The van der Waals surface area contributed by atoms with Gasteiger partial charge in [-0.15, -0.1) is 10.2 Å². The molecule has 1 aliphatic rings. The van der Waals surface area contributed by atoms with Gasteiger partial charge in [0.2, 0.25) is 11.9 Å². The summed E-state index contributed by atoms with van der Waals surface area (Å²) >= 11 is 0. The first-order chi connectivity index (χ1) is 21.2. The molecule has 8 nitrogen and oxygen atoms in total. The Morgan fingerprint density at radius 2 is 1.82 bits per heavy atom. The molecule has 1 amide bonds. The topological polar surface area (TPSA) is 87.1 Å². The number of piperidine rings is 1. The number of alkyl halides is 3. The molecular weight excluding hydrogens is 567 g/mol. The molecular formula is C33H36F3N7O. The summed E-state index contributed by atoms with van der Waals surface area (Å²) < 4.78 is 40.9. The van der Waals surface area contributed by atoms with Gasteiger partial charge < -0.3 is 15.1 Å². The van der Waals surface area contributed by atoms with Gasteiger partial charge in [-0.25, -0.2) is 9.97 Å². The predicted molar refractivity (Wildman–Crippen MR) is 165 cm³/mol. The monoisotopic (exact) mass is 603 g/mol. The second-order valence-corrected chi connectivity index (χ2v) is 10.9. The van der Waals surface area contributed by atoms with Crippen LogP contribution in [-0.2, 0) is 11.0 Å². The van der Waals surface area contributed by atoms with E-state index in [0.29, 0.717) is 49.2 Å². The molecule has 3 heterocycles. The molecule has 1 saturated heterocycles. The van der Waals surface area contributed by atoms with Crippen molar-refractivity contribution in [2.75, 3.05) is 36.4 Å². The van der Waals surface area contributed by atoms with E-state index in [1.807, 2.05) is 60.9 Å². The van der Waals surface area contributed by atoms with Crippen molar-refractivity contribution in [3.05, 3.63) is 84.1 Å². The molecule has 230 valence electrons. The number of nitrogens with one attached hydrogen (secondary N) is 1. The molecule has 1 fully saturated rings. The number of carbonyl (C=O) groups is 1. The Balaban J connectivity index is 1.53. The van der Waals surface area contributed by atoms with Crippen LogP contribution in [0.1, 0.15) is 50.8 Å². The highest BCUT2D eigenvalue weighted by Crippen LogP contribution is 2.36. The second-order valence-electron chi connectivity index (χ2n) is 10.9. The lowest BCUT2D eigenvalue weighted by atomic mass is 9.96. The molecule has 0 radical (unpaired) electrons. The molecule has 0 aliphatic carbocycles. The average Bonchev–Trinajstić information content (AvgIpc) is 3.05. The largest absolute Gasteiger partial charge is 0.416 e. The van der Waals surface area contributed by atoms with E-state index < -0.39 is 11.7 Å². The Bertz CT molecular complexity index is 1580. The quantitative estimate of drug-likeness (QED) is 0.223. The minimum absolute atomic E-state index is 0.0888. The fourth-order valence-electron chi connectivity index (χ4n) is 5.56. The zero-order valence-electron chi connectivity index (χ0n) is 25.1. The van der Waals surface area contributed by atoms with E-state index in [9.17, 15) is 18.0 Å². The smallest absolute Gasteiger partial charge is 0.354 e. The molecule has 2 aromatic carbocycles. The maximum absolute atomic E-state index is 13.6. The van der Waals surface area contributed by atoms with Gasteiger partial charge >= 0.3 is 6.18 Å². The van der Waals surface area contributed by atoms with Crippen LogP contribution in [0.15, 0.2) is 72.9 Å². The van der Waals surface area contributed by atoms with Crippen molar-refractivity contribution in [3.8, 4) is 22.5 Å². The van der Waals surface area contributed by atoms with Gasteiger partial charge in [-0.2, -0.15) is 13.2 Å². The van der Waals surface area contributed by atoms with Crippen LogP contribution in [0.5, 0.6) is 0 Å². The zero-order chi connectivity index (χ0) is 31.3. The first kappa shape index (κ1) is 30.9. The molecule has 5 rings (SSSR count). The van der Waals surface area contributed by atoms with Crippen molar-refractivity contribution in [1.29, 1.82) is 0 Å². The SMILES string of the molecule is CCN(CC)C(=O)C1CCCN(c2cc(-c3ccnc(N[C@@H](C)c4ccccc4)n3)c(-c3cccc(C(F)(F)F)c3)nn2)C1. The minimum atomic E-state index is -4.51. The van der Waals surface area contributed by atoms with E-state index in [2.05, 4.69) is 20.5 Å². The minimum Gasteiger partial charge on any atom is -0.354 e. The van der Waals surface area contributed by atoms with Crippen LogP contribution >= 0.6 is 0 Å². The summed E-state index contributed by atoms with van der Waals surface area (Å²) in [6.45, 7) is 8.40. The van der Waals surface area contributed by atoms with Crippen LogP contribution in [0.2, 0.25) is 0 Å². The van der Waals surface area contributed by atoms with Crippen LogP contribution in [0.3, 0.4) is 0 Å². The molecule has 0 bridgehead atoms. The standard InChI is InChI=1S/C33H36F3N7O/c1-4-42(5-2)31(44)25-14-10-18-43(21-25)29-20-27(30(41-40-29)24-13-9-15-26(19-24)33(34,35)36)28-16-17-37-32(39-28)38-22(3)23-11-7-6-8-12-23/h6-9,11-13,15-17,19-20,22,25H,4-5,10,14,18,21H2,1-3H3,(H,37,38,39)/t22-,25?/m0/s1. The van der Waals surface area contributed by atoms with Gasteiger partial charge in [0.05, 0.1) is 23.2 Å². The van der Waals surface area contributed by atoms with Gasteiger partial charge in [0, 0.05) is 43.5 Å². The lowest BCUT2D eigenvalue weighted by molar-refractivity contribution is -0.137. The van der Waals surface area contributed by atoms with Crippen molar-refractivity contribution in [1.82, 2.24) is 25.1 Å². The summed E-state index contributed by atoms with van der Waals surface area (Å²) in [6.07, 6.45) is -1.31. The van der Waals surface area contributed by atoms with Crippen molar-refractivity contribution in [3.63, 3.8) is 0 Å². The van der Waals surface area contributed by atoms with Gasteiger partial charge in [-0.3, -0.25) is 4.79 Å². The van der Waals surface area contributed by atoms with E-state index >= 15 is 0 Å². The number of hydrogen-bond donors (Lipinski definition) is 1. The van der Waals surface area contributed by atoms with E-state index in [1.165, 1.54) is 6.07 Å². The second kappa shape index (κ2) is 13.4. The summed E-state index contributed by atoms with van der Waals surface area (Å²) in [5.74, 6) is 0.854. The molecule has 1 N–H and O–H groups in total. The summed E-state index contributed by atoms with van der Waals surface area (Å²) in [4.78, 5) is 26.2. The van der Waals surface area contributed by atoms with E-state index in [4.69, 9.17) is 4.98 Å². The number of amides is 1. The van der Waals surface area contributed by atoms with Crippen LogP contribution in [0, 0.1) is 5.92 Å². The van der Waals surface area contributed by atoms with Crippen LogP contribution in [0.4, 0.5) is 24.9 Å². The molecule has 2 atom stereocenters. The van der Waals surface area contributed by atoms with Crippen molar-refractivity contribution >= 4 is 17.7 Å².